The molecule has 114 valence electrons. The largest absolute Gasteiger partial charge is 0.494 e. The SMILES string of the molecule is COc1ccccc1-n1nccc1CN1CCNCC1.Cl. The Morgan fingerprint density at radius 3 is 2.71 bits per heavy atom. The number of rotatable bonds is 4. The van der Waals surface area contributed by atoms with Crippen molar-refractivity contribution in [2.24, 2.45) is 0 Å². The van der Waals surface area contributed by atoms with E-state index in [4.69, 9.17) is 4.74 Å². The van der Waals surface area contributed by atoms with Crippen molar-refractivity contribution in [3.63, 3.8) is 0 Å². The van der Waals surface area contributed by atoms with Crippen LogP contribution in [-0.2, 0) is 6.54 Å². The number of ether oxygens (including phenoxy) is 1. The number of aromatic nitrogens is 2. The van der Waals surface area contributed by atoms with Crippen LogP contribution >= 0.6 is 12.4 Å². The van der Waals surface area contributed by atoms with Crippen LogP contribution in [0, 0.1) is 0 Å². The van der Waals surface area contributed by atoms with Crippen molar-refractivity contribution in [1.29, 1.82) is 0 Å². The molecule has 0 saturated carbocycles. The molecule has 0 spiro atoms. The number of para-hydroxylation sites is 2. The maximum Gasteiger partial charge on any atom is 0.144 e. The molecular weight excluding hydrogens is 288 g/mol. The van der Waals surface area contributed by atoms with Crippen molar-refractivity contribution in [3.05, 3.63) is 42.2 Å². The summed E-state index contributed by atoms with van der Waals surface area (Å²) in [5, 5.41) is 7.83. The van der Waals surface area contributed by atoms with E-state index >= 15 is 0 Å². The fourth-order valence-electron chi connectivity index (χ4n) is 2.57. The van der Waals surface area contributed by atoms with E-state index in [-0.39, 0.29) is 12.4 Å². The molecule has 1 aliphatic heterocycles. The van der Waals surface area contributed by atoms with E-state index in [0.717, 1.165) is 44.2 Å². The van der Waals surface area contributed by atoms with Gasteiger partial charge in [-0.3, -0.25) is 4.90 Å². The van der Waals surface area contributed by atoms with Gasteiger partial charge in [0.1, 0.15) is 11.4 Å². The predicted molar refractivity (Wildman–Crippen MR) is 85.5 cm³/mol. The molecular formula is C15H21ClN4O. The summed E-state index contributed by atoms with van der Waals surface area (Å²) in [7, 11) is 1.69. The van der Waals surface area contributed by atoms with E-state index in [1.54, 1.807) is 7.11 Å². The molecule has 1 N–H and O–H groups in total. The number of methoxy groups -OCH3 is 1. The first-order valence-corrected chi connectivity index (χ1v) is 6.98. The number of halogens is 1. The van der Waals surface area contributed by atoms with Crippen molar-refractivity contribution in [3.8, 4) is 11.4 Å². The monoisotopic (exact) mass is 308 g/mol. The summed E-state index contributed by atoms with van der Waals surface area (Å²) in [5.41, 5.74) is 2.18. The quantitative estimate of drug-likeness (QED) is 0.934. The van der Waals surface area contributed by atoms with Crippen LogP contribution in [-0.4, -0.2) is 48.0 Å². The van der Waals surface area contributed by atoms with Gasteiger partial charge in [0, 0.05) is 38.9 Å². The zero-order valence-corrected chi connectivity index (χ0v) is 13.0. The average Bonchev–Trinajstić information content (AvgIpc) is 2.96. The molecule has 0 atom stereocenters. The minimum atomic E-state index is 0. The first-order chi connectivity index (χ1) is 9.88. The van der Waals surface area contributed by atoms with E-state index in [1.807, 2.05) is 35.1 Å². The lowest BCUT2D eigenvalue weighted by Crippen LogP contribution is -2.43. The molecule has 6 heteroatoms. The predicted octanol–water partition coefficient (Wildman–Crippen LogP) is 1.71. The van der Waals surface area contributed by atoms with Crippen molar-refractivity contribution < 1.29 is 4.74 Å². The van der Waals surface area contributed by atoms with Gasteiger partial charge >= 0.3 is 0 Å². The molecule has 0 bridgehead atoms. The van der Waals surface area contributed by atoms with E-state index in [1.165, 1.54) is 5.69 Å². The standard InChI is InChI=1S/C15H20N4O.ClH/c1-20-15-5-3-2-4-14(15)19-13(6-7-17-19)12-18-10-8-16-9-11-18;/h2-7,16H,8-12H2,1H3;1H. The van der Waals surface area contributed by atoms with Gasteiger partial charge < -0.3 is 10.1 Å². The van der Waals surface area contributed by atoms with Crippen LogP contribution in [0.25, 0.3) is 5.69 Å². The Hall–Kier alpha value is -1.56. The molecule has 5 nitrogen and oxygen atoms in total. The summed E-state index contributed by atoms with van der Waals surface area (Å²) in [6.45, 7) is 5.19. The van der Waals surface area contributed by atoms with Gasteiger partial charge in [-0.05, 0) is 18.2 Å². The Morgan fingerprint density at radius 2 is 1.95 bits per heavy atom. The highest BCUT2D eigenvalue weighted by molar-refractivity contribution is 5.85. The molecule has 1 saturated heterocycles. The van der Waals surface area contributed by atoms with Gasteiger partial charge in [-0.15, -0.1) is 12.4 Å². The minimum absolute atomic E-state index is 0. The Labute approximate surface area is 131 Å². The van der Waals surface area contributed by atoms with Crippen molar-refractivity contribution in [2.75, 3.05) is 33.3 Å². The summed E-state index contributed by atoms with van der Waals surface area (Å²) in [4.78, 5) is 2.44. The van der Waals surface area contributed by atoms with Crippen LogP contribution < -0.4 is 10.1 Å². The maximum absolute atomic E-state index is 5.43. The van der Waals surface area contributed by atoms with Gasteiger partial charge in [0.25, 0.3) is 0 Å². The molecule has 1 aromatic heterocycles. The van der Waals surface area contributed by atoms with Crippen LogP contribution in [0.2, 0.25) is 0 Å². The molecule has 0 aliphatic carbocycles. The summed E-state index contributed by atoms with van der Waals surface area (Å²) >= 11 is 0. The Morgan fingerprint density at radius 1 is 1.19 bits per heavy atom. The van der Waals surface area contributed by atoms with Crippen LogP contribution in [0.1, 0.15) is 5.69 Å². The highest BCUT2D eigenvalue weighted by Crippen LogP contribution is 2.23. The second-order valence-electron chi connectivity index (χ2n) is 4.93. The van der Waals surface area contributed by atoms with Crippen LogP contribution in [0.5, 0.6) is 5.75 Å². The second kappa shape index (κ2) is 7.45. The van der Waals surface area contributed by atoms with Gasteiger partial charge in [-0.1, -0.05) is 12.1 Å². The molecule has 1 aromatic carbocycles. The first kappa shape index (κ1) is 15.8. The van der Waals surface area contributed by atoms with E-state index < -0.39 is 0 Å². The molecule has 1 aliphatic rings. The van der Waals surface area contributed by atoms with Gasteiger partial charge in [0.2, 0.25) is 0 Å². The molecule has 0 amide bonds. The van der Waals surface area contributed by atoms with Crippen molar-refractivity contribution >= 4 is 12.4 Å². The zero-order chi connectivity index (χ0) is 13.8. The minimum Gasteiger partial charge on any atom is -0.494 e. The Balaban J connectivity index is 0.00000161. The second-order valence-corrected chi connectivity index (χ2v) is 4.93. The molecule has 1 fully saturated rings. The fraction of sp³-hybridized carbons (Fsp3) is 0.400. The molecule has 2 heterocycles. The fourth-order valence-corrected chi connectivity index (χ4v) is 2.57. The van der Waals surface area contributed by atoms with E-state index in [2.05, 4.69) is 21.4 Å². The first-order valence-electron chi connectivity index (χ1n) is 6.98. The summed E-state index contributed by atoms with van der Waals surface area (Å²) < 4.78 is 7.40. The van der Waals surface area contributed by atoms with E-state index in [9.17, 15) is 0 Å². The lowest BCUT2D eigenvalue weighted by molar-refractivity contribution is 0.229. The molecule has 2 aromatic rings. The highest BCUT2D eigenvalue weighted by atomic mass is 35.5. The molecule has 0 radical (unpaired) electrons. The van der Waals surface area contributed by atoms with Gasteiger partial charge in [0.15, 0.2) is 0 Å². The number of piperazine rings is 1. The topological polar surface area (TPSA) is 42.3 Å². The maximum atomic E-state index is 5.43. The van der Waals surface area contributed by atoms with Gasteiger partial charge in [-0.2, -0.15) is 5.10 Å². The summed E-state index contributed by atoms with van der Waals surface area (Å²) in [6.07, 6.45) is 1.85. The number of nitrogens with one attached hydrogen (secondary N) is 1. The lowest BCUT2D eigenvalue weighted by Gasteiger charge is -2.27. The number of hydrogen-bond acceptors (Lipinski definition) is 4. The zero-order valence-electron chi connectivity index (χ0n) is 12.2. The molecule has 3 rings (SSSR count). The highest BCUT2D eigenvalue weighted by Gasteiger charge is 2.14. The number of nitrogens with zero attached hydrogens (tertiary/aromatic N) is 3. The Kier molecular flexibility index (Phi) is 5.61. The summed E-state index contributed by atoms with van der Waals surface area (Å²) in [5.74, 6) is 0.845. The average molecular weight is 309 g/mol. The third-order valence-electron chi connectivity index (χ3n) is 3.63. The summed E-state index contributed by atoms with van der Waals surface area (Å²) in [6, 6.07) is 10.1. The third-order valence-corrected chi connectivity index (χ3v) is 3.63. The van der Waals surface area contributed by atoms with Gasteiger partial charge in [0.05, 0.1) is 12.8 Å². The normalized spacial score (nSPS) is 15.5. The van der Waals surface area contributed by atoms with Crippen molar-refractivity contribution in [2.45, 2.75) is 6.54 Å². The number of benzene rings is 1. The molecule has 0 unspecified atom stereocenters. The van der Waals surface area contributed by atoms with Crippen molar-refractivity contribution in [1.82, 2.24) is 20.0 Å². The number of hydrogen-bond donors (Lipinski definition) is 1. The molecule has 21 heavy (non-hydrogen) atoms. The smallest absolute Gasteiger partial charge is 0.144 e. The third kappa shape index (κ3) is 3.56. The van der Waals surface area contributed by atoms with Crippen LogP contribution in [0.15, 0.2) is 36.5 Å². The lowest BCUT2D eigenvalue weighted by atomic mass is 10.2. The van der Waals surface area contributed by atoms with Crippen LogP contribution in [0.4, 0.5) is 0 Å². The van der Waals surface area contributed by atoms with E-state index in [0.29, 0.717) is 0 Å². The van der Waals surface area contributed by atoms with Gasteiger partial charge in [-0.25, -0.2) is 4.68 Å². The Bertz CT molecular complexity index is 566. The van der Waals surface area contributed by atoms with Crippen LogP contribution in [0.3, 0.4) is 0 Å².